The van der Waals surface area contributed by atoms with Gasteiger partial charge in [0.1, 0.15) is 0 Å². The lowest BCUT2D eigenvalue weighted by Gasteiger charge is -2.23. The molecule has 0 aliphatic rings. The van der Waals surface area contributed by atoms with Gasteiger partial charge in [0.2, 0.25) is 0 Å². The third kappa shape index (κ3) is 3.23. The van der Waals surface area contributed by atoms with Gasteiger partial charge >= 0.3 is 6.09 Å². The molecule has 0 heterocycles. The van der Waals surface area contributed by atoms with Crippen LogP contribution in [-0.4, -0.2) is 42.4 Å². The highest BCUT2D eigenvalue weighted by atomic mass is 16.5. The molecule has 0 saturated carbocycles. The fourth-order valence-electron chi connectivity index (χ4n) is 0.785. The van der Waals surface area contributed by atoms with Gasteiger partial charge in [0.05, 0.1) is 13.7 Å². The molecule has 0 rings (SSSR count). The van der Waals surface area contributed by atoms with Crippen LogP contribution in [0.15, 0.2) is 0 Å². The molecule has 0 aliphatic carbocycles. The molecule has 1 amide bonds. The molecule has 0 spiro atoms. The van der Waals surface area contributed by atoms with Crippen molar-refractivity contribution in [3.63, 3.8) is 0 Å². The molecule has 0 aliphatic heterocycles. The topological polar surface area (TPSA) is 49.8 Å². The smallest absolute Gasteiger partial charge is 0.409 e. The van der Waals surface area contributed by atoms with Crippen LogP contribution in [0, 0.1) is 0 Å². The van der Waals surface area contributed by atoms with Crippen molar-refractivity contribution >= 4 is 6.09 Å². The number of aliphatic hydroxyl groups is 1. The van der Waals surface area contributed by atoms with Crippen LogP contribution < -0.4 is 0 Å². The molecule has 4 heteroatoms. The zero-order valence-electron chi connectivity index (χ0n) is 7.20. The average molecular weight is 161 g/mol. The number of amides is 1. The summed E-state index contributed by atoms with van der Waals surface area (Å²) in [5, 5.41) is 8.58. The standard InChI is InChI=1S/C7H15NO3/c1-6(2)8(4-5-9)7(10)11-3/h6,9H,4-5H2,1-3H3. The van der Waals surface area contributed by atoms with Gasteiger partial charge in [-0.3, -0.25) is 0 Å². The Balaban J connectivity index is 3.98. The van der Waals surface area contributed by atoms with Crippen LogP contribution in [0.3, 0.4) is 0 Å². The minimum absolute atomic E-state index is 0.0344. The van der Waals surface area contributed by atoms with Gasteiger partial charge in [0.15, 0.2) is 0 Å². The van der Waals surface area contributed by atoms with Crippen LogP contribution in [0.1, 0.15) is 13.8 Å². The number of nitrogens with zero attached hydrogens (tertiary/aromatic N) is 1. The van der Waals surface area contributed by atoms with E-state index in [0.29, 0.717) is 6.54 Å². The lowest BCUT2D eigenvalue weighted by atomic mass is 10.3. The first kappa shape index (κ1) is 10.2. The number of ether oxygens (including phenoxy) is 1. The second-order valence-corrected chi connectivity index (χ2v) is 2.48. The Labute approximate surface area is 66.8 Å². The Hall–Kier alpha value is -0.770. The fraction of sp³-hybridized carbons (Fsp3) is 0.857. The summed E-state index contributed by atoms with van der Waals surface area (Å²) in [6.45, 7) is 4.02. The minimum atomic E-state index is -0.394. The van der Waals surface area contributed by atoms with Gasteiger partial charge in [0, 0.05) is 12.6 Å². The van der Waals surface area contributed by atoms with Crippen molar-refractivity contribution in [1.82, 2.24) is 4.90 Å². The quantitative estimate of drug-likeness (QED) is 0.654. The molecule has 0 radical (unpaired) electrons. The van der Waals surface area contributed by atoms with E-state index in [4.69, 9.17) is 5.11 Å². The molecule has 0 aromatic rings. The summed E-state index contributed by atoms with van der Waals surface area (Å²) < 4.78 is 4.50. The highest BCUT2D eigenvalue weighted by molar-refractivity contribution is 5.67. The lowest BCUT2D eigenvalue weighted by molar-refractivity contribution is 0.100. The van der Waals surface area contributed by atoms with Crippen molar-refractivity contribution in [2.24, 2.45) is 0 Å². The molecule has 0 saturated heterocycles. The van der Waals surface area contributed by atoms with Gasteiger partial charge in [-0.15, -0.1) is 0 Å². The van der Waals surface area contributed by atoms with Crippen LogP contribution in [-0.2, 0) is 4.74 Å². The van der Waals surface area contributed by atoms with Crippen molar-refractivity contribution in [2.75, 3.05) is 20.3 Å². The number of hydrogen-bond acceptors (Lipinski definition) is 3. The maximum absolute atomic E-state index is 10.9. The molecule has 0 fully saturated rings. The van der Waals surface area contributed by atoms with Crippen molar-refractivity contribution < 1.29 is 14.6 Å². The number of carbonyl (C=O) groups excluding carboxylic acids is 1. The summed E-state index contributed by atoms with van der Waals surface area (Å²) >= 11 is 0. The van der Waals surface area contributed by atoms with E-state index in [-0.39, 0.29) is 12.6 Å². The predicted molar refractivity (Wildman–Crippen MR) is 41.3 cm³/mol. The molecule has 0 atom stereocenters. The molecular formula is C7H15NO3. The second-order valence-electron chi connectivity index (χ2n) is 2.48. The normalized spacial score (nSPS) is 9.91. The number of rotatable bonds is 3. The summed E-state index contributed by atoms with van der Waals surface area (Å²) in [6.07, 6.45) is -0.394. The first-order chi connectivity index (χ1) is 5.13. The molecule has 0 aromatic heterocycles. The largest absolute Gasteiger partial charge is 0.453 e. The van der Waals surface area contributed by atoms with E-state index < -0.39 is 6.09 Å². The van der Waals surface area contributed by atoms with Gasteiger partial charge in [0.25, 0.3) is 0 Å². The monoisotopic (exact) mass is 161 g/mol. The summed E-state index contributed by atoms with van der Waals surface area (Å²) in [5.74, 6) is 0. The van der Waals surface area contributed by atoms with Gasteiger partial charge in [-0.1, -0.05) is 0 Å². The van der Waals surface area contributed by atoms with E-state index in [2.05, 4.69) is 4.74 Å². The van der Waals surface area contributed by atoms with Crippen molar-refractivity contribution in [1.29, 1.82) is 0 Å². The zero-order chi connectivity index (χ0) is 8.85. The Bertz CT molecular complexity index is 125. The van der Waals surface area contributed by atoms with Gasteiger partial charge in [-0.25, -0.2) is 4.79 Å². The van der Waals surface area contributed by atoms with Crippen LogP contribution in [0.2, 0.25) is 0 Å². The van der Waals surface area contributed by atoms with E-state index in [1.807, 2.05) is 13.8 Å². The van der Waals surface area contributed by atoms with E-state index in [1.54, 1.807) is 0 Å². The number of aliphatic hydroxyl groups excluding tert-OH is 1. The summed E-state index contributed by atoms with van der Waals surface area (Å²) in [5.41, 5.74) is 0. The number of methoxy groups -OCH3 is 1. The first-order valence-corrected chi connectivity index (χ1v) is 3.59. The molecule has 11 heavy (non-hydrogen) atoms. The van der Waals surface area contributed by atoms with Crippen LogP contribution in [0.4, 0.5) is 4.79 Å². The molecule has 0 aromatic carbocycles. The van der Waals surface area contributed by atoms with Crippen molar-refractivity contribution in [3.05, 3.63) is 0 Å². The lowest BCUT2D eigenvalue weighted by Crippen LogP contribution is -2.38. The third-order valence-electron chi connectivity index (χ3n) is 1.37. The van der Waals surface area contributed by atoms with Crippen molar-refractivity contribution in [3.8, 4) is 0 Å². The Morgan fingerprint density at radius 3 is 2.45 bits per heavy atom. The highest BCUT2D eigenvalue weighted by Crippen LogP contribution is 1.99. The summed E-state index contributed by atoms with van der Waals surface area (Å²) in [4.78, 5) is 12.4. The maximum atomic E-state index is 10.9. The third-order valence-corrected chi connectivity index (χ3v) is 1.37. The van der Waals surface area contributed by atoms with E-state index in [0.717, 1.165) is 0 Å². The Kier molecular flexibility index (Phi) is 4.61. The van der Waals surface area contributed by atoms with Crippen molar-refractivity contribution in [2.45, 2.75) is 19.9 Å². The van der Waals surface area contributed by atoms with E-state index in [1.165, 1.54) is 12.0 Å². The number of carbonyl (C=O) groups is 1. The van der Waals surface area contributed by atoms with E-state index >= 15 is 0 Å². The van der Waals surface area contributed by atoms with Crippen LogP contribution in [0.5, 0.6) is 0 Å². The van der Waals surface area contributed by atoms with Gasteiger partial charge < -0.3 is 14.7 Å². The summed E-state index contributed by atoms with van der Waals surface area (Å²) in [7, 11) is 1.33. The SMILES string of the molecule is COC(=O)N(CCO)C(C)C. The molecule has 4 nitrogen and oxygen atoms in total. The zero-order valence-corrected chi connectivity index (χ0v) is 7.20. The molecular weight excluding hydrogens is 146 g/mol. The van der Waals surface area contributed by atoms with Crippen LogP contribution in [0.25, 0.3) is 0 Å². The average Bonchev–Trinajstić information content (AvgIpc) is 1.98. The molecule has 66 valence electrons. The van der Waals surface area contributed by atoms with Crippen LogP contribution >= 0.6 is 0 Å². The molecule has 0 bridgehead atoms. The number of hydrogen-bond donors (Lipinski definition) is 1. The van der Waals surface area contributed by atoms with Gasteiger partial charge in [-0.05, 0) is 13.8 Å². The Morgan fingerprint density at radius 2 is 2.18 bits per heavy atom. The van der Waals surface area contributed by atoms with Gasteiger partial charge in [-0.2, -0.15) is 0 Å². The minimum Gasteiger partial charge on any atom is -0.453 e. The Morgan fingerprint density at radius 1 is 1.64 bits per heavy atom. The maximum Gasteiger partial charge on any atom is 0.409 e. The molecule has 1 N–H and O–H groups in total. The summed E-state index contributed by atoms with van der Waals surface area (Å²) in [6, 6.07) is 0.0644. The fourth-order valence-corrected chi connectivity index (χ4v) is 0.785. The first-order valence-electron chi connectivity index (χ1n) is 3.59. The van der Waals surface area contributed by atoms with E-state index in [9.17, 15) is 4.79 Å². The second kappa shape index (κ2) is 4.96. The highest BCUT2D eigenvalue weighted by Gasteiger charge is 2.15. The molecule has 0 unspecified atom stereocenters. The predicted octanol–water partition coefficient (Wildman–Crippen LogP) is 0.455.